The van der Waals surface area contributed by atoms with Crippen molar-refractivity contribution in [3.8, 4) is 5.75 Å². The van der Waals surface area contributed by atoms with E-state index in [1.807, 2.05) is 0 Å². The third-order valence-electron chi connectivity index (χ3n) is 2.41. The molecule has 0 radical (unpaired) electrons. The predicted octanol–water partition coefficient (Wildman–Crippen LogP) is 1.01. The molecule has 0 bridgehead atoms. The number of hydrogen-bond acceptors (Lipinski definition) is 3. The number of pyridine rings is 1. The fourth-order valence-electron chi connectivity index (χ4n) is 1.29. The van der Waals surface area contributed by atoms with Gasteiger partial charge in [-0.3, -0.25) is 9.59 Å². The second-order valence-corrected chi connectivity index (χ2v) is 3.82. The minimum absolute atomic E-state index is 0.104. The first-order valence-corrected chi connectivity index (χ1v) is 5.69. The van der Waals surface area contributed by atoms with Gasteiger partial charge in [-0.05, 0) is 18.6 Å². The largest absolute Gasteiger partial charge is 0.478 e. The van der Waals surface area contributed by atoms with Gasteiger partial charge in [-0.2, -0.15) is 0 Å². The maximum Gasteiger partial charge on any atom is 0.290 e. The molecule has 17 heavy (non-hydrogen) atoms. The first kappa shape index (κ1) is 13.3. The van der Waals surface area contributed by atoms with Gasteiger partial charge in [0.1, 0.15) is 0 Å². The first-order chi connectivity index (χ1) is 8.15. The van der Waals surface area contributed by atoms with E-state index in [2.05, 4.69) is 11.9 Å². The number of nitrogens with one attached hydrogen (secondary N) is 1. The Kier molecular flexibility index (Phi) is 5.26. The van der Waals surface area contributed by atoms with Crippen LogP contribution in [0.3, 0.4) is 0 Å². The highest BCUT2D eigenvalue weighted by molar-refractivity contribution is 5.77. The molecule has 1 rings (SSSR count). The number of aromatic nitrogens is 1. The highest BCUT2D eigenvalue weighted by atomic mass is 16.5. The van der Waals surface area contributed by atoms with Crippen molar-refractivity contribution >= 4 is 5.91 Å². The van der Waals surface area contributed by atoms with Crippen LogP contribution in [0.15, 0.2) is 23.1 Å². The third-order valence-corrected chi connectivity index (χ3v) is 2.41. The molecule has 0 fully saturated rings. The van der Waals surface area contributed by atoms with Crippen LogP contribution in [0, 0.1) is 0 Å². The highest BCUT2D eigenvalue weighted by Gasteiger charge is 2.09. The van der Waals surface area contributed by atoms with E-state index in [9.17, 15) is 9.59 Å². The summed E-state index contributed by atoms with van der Waals surface area (Å²) in [5.41, 5.74) is -0.323. The molecule has 0 aliphatic rings. The summed E-state index contributed by atoms with van der Waals surface area (Å²) >= 11 is 0. The zero-order valence-corrected chi connectivity index (χ0v) is 10.2. The van der Waals surface area contributed by atoms with Crippen LogP contribution < -0.4 is 10.3 Å². The molecule has 1 amide bonds. The number of rotatable bonds is 6. The molecule has 1 heterocycles. The smallest absolute Gasteiger partial charge is 0.290 e. The van der Waals surface area contributed by atoms with Crippen molar-refractivity contribution in [2.45, 2.75) is 19.8 Å². The predicted molar refractivity (Wildman–Crippen MR) is 65.1 cm³/mol. The molecule has 1 aromatic heterocycles. The van der Waals surface area contributed by atoms with Crippen molar-refractivity contribution < 1.29 is 9.53 Å². The van der Waals surface area contributed by atoms with Crippen molar-refractivity contribution in [1.82, 2.24) is 9.88 Å². The fraction of sp³-hybridized carbons (Fsp3) is 0.500. The molecule has 0 atom stereocenters. The molecule has 0 spiro atoms. The van der Waals surface area contributed by atoms with E-state index in [1.54, 1.807) is 18.0 Å². The van der Waals surface area contributed by atoms with Crippen LogP contribution in [0.25, 0.3) is 0 Å². The van der Waals surface area contributed by atoms with E-state index in [0.29, 0.717) is 6.54 Å². The highest BCUT2D eigenvalue weighted by Crippen LogP contribution is 2.00. The number of hydrogen-bond donors (Lipinski definition) is 1. The van der Waals surface area contributed by atoms with E-state index < -0.39 is 0 Å². The average molecular weight is 238 g/mol. The number of unbranched alkanes of at least 4 members (excludes halogenated alkanes) is 1. The number of nitrogens with zero attached hydrogens (tertiary/aromatic N) is 1. The van der Waals surface area contributed by atoms with E-state index in [4.69, 9.17) is 4.74 Å². The summed E-state index contributed by atoms with van der Waals surface area (Å²) in [4.78, 5) is 27.0. The van der Waals surface area contributed by atoms with Gasteiger partial charge in [0.15, 0.2) is 12.4 Å². The molecule has 94 valence electrons. The van der Waals surface area contributed by atoms with Gasteiger partial charge in [0.05, 0.1) is 0 Å². The summed E-state index contributed by atoms with van der Waals surface area (Å²) in [5, 5.41) is 0. The molecule has 0 aliphatic carbocycles. The van der Waals surface area contributed by atoms with E-state index in [-0.39, 0.29) is 23.8 Å². The van der Waals surface area contributed by atoms with Crippen molar-refractivity contribution in [3.63, 3.8) is 0 Å². The van der Waals surface area contributed by atoms with Crippen molar-refractivity contribution in [3.05, 3.63) is 28.7 Å². The second kappa shape index (κ2) is 6.73. The molecule has 5 heteroatoms. The summed E-state index contributed by atoms with van der Waals surface area (Å²) < 4.78 is 5.16. The SMILES string of the molecule is CCCCN(C)C(=O)COc1ccc[nH]c1=O. The van der Waals surface area contributed by atoms with E-state index >= 15 is 0 Å². The monoisotopic (exact) mass is 238 g/mol. The number of amides is 1. The van der Waals surface area contributed by atoms with Crippen LogP contribution >= 0.6 is 0 Å². The van der Waals surface area contributed by atoms with Crippen molar-refractivity contribution in [2.24, 2.45) is 0 Å². The van der Waals surface area contributed by atoms with Crippen LogP contribution in [-0.2, 0) is 4.79 Å². The standard InChI is InChI=1S/C12H18N2O3/c1-3-4-8-14(2)11(15)9-17-10-6-5-7-13-12(10)16/h5-7H,3-4,8-9H2,1-2H3,(H,13,16). The Morgan fingerprint density at radius 3 is 2.94 bits per heavy atom. The van der Waals surface area contributed by atoms with Crippen LogP contribution in [0.1, 0.15) is 19.8 Å². The molecule has 0 aromatic carbocycles. The van der Waals surface area contributed by atoms with Gasteiger partial charge in [-0.25, -0.2) is 0 Å². The van der Waals surface area contributed by atoms with Crippen LogP contribution in [0.5, 0.6) is 5.75 Å². The Morgan fingerprint density at radius 2 is 2.29 bits per heavy atom. The van der Waals surface area contributed by atoms with Gasteiger partial charge >= 0.3 is 0 Å². The molecule has 1 aromatic rings. The molecular formula is C12H18N2O3. The maximum atomic E-state index is 11.6. The molecule has 0 unspecified atom stereocenters. The maximum absolute atomic E-state index is 11.6. The minimum atomic E-state index is -0.323. The molecule has 0 saturated carbocycles. The van der Waals surface area contributed by atoms with Gasteiger partial charge in [0.2, 0.25) is 0 Å². The Bertz CT molecular complexity index is 414. The number of carbonyl (C=O) groups excluding carboxylic acids is 1. The lowest BCUT2D eigenvalue weighted by atomic mass is 10.3. The van der Waals surface area contributed by atoms with Crippen LogP contribution in [-0.4, -0.2) is 36.0 Å². The zero-order valence-electron chi connectivity index (χ0n) is 10.2. The number of aromatic amines is 1. The average Bonchev–Trinajstić information content (AvgIpc) is 2.34. The summed E-state index contributed by atoms with van der Waals surface area (Å²) in [6.07, 6.45) is 3.52. The van der Waals surface area contributed by atoms with Crippen molar-refractivity contribution in [1.29, 1.82) is 0 Å². The first-order valence-electron chi connectivity index (χ1n) is 5.69. The topological polar surface area (TPSA) is 62.4 Å². The van der Waals surface area contributed by atoms with E-state index in [1.165, 1.54) is 12.3 Å². The van der Waals surface area contributed by atoms with Gasteiger partial charge in [0.25, 0.3) is 11.5 Å². The van der Waals surface area contributed by atoms with Crippen molar-refractivity contribution in [2.75, 3.05) is 20.2 Å². The normalized spacial score (nSPS) is 10.0. The second-order valence-electron chi connectivity index (χ2n) is 3.82. The number of likely N-dealkylation sites (N-methyl/N-ethyl adjacent to an activating group) is 1. The molecule has 0 aliphatic heterocycles. The quantitative estimate of drug-likeness (QED) is 0.804. The lowest BCUT2D eigenvalue weighted by molar-refractivity contribution is -0.132. The molecule has 0 saturated heterocycles. The summed E-state index contributed by atoms with van der Waals surface area (Å²) in [6, 6.07) is 3.19. The van der Waals surface area contributed by atoms with E-state index in [0.717, 1.165) is 12.8 Å². The lowest BCUT2D eigenvalue weighted by Crippen LogP contribution is -2.32. The Balaban J connectivity index is 2.43. The van der Waals surface area contributed by atoms with Crippen LogP contribution in [0.4, 0.5) is 0 Å². The van der Waals surface area contributed by atoms with Gasteiger partial charge in [-0.1, -0.05) is 13.3 Å². The summed E-state index contributed by atoms with van der Waals surface area (Å²) in [6.45, 7) is 2.68. The minimum Gasteiger partial charge on any atom is -0.478 e. The number of H-pyrrole nitrogens is 1. The number of ether oxygens (including phenoxy) is 1. The Morgan fingerprint density at radius 1 is 1.53 bits per heavy atom. The van der Waals surface area contributed by atoms with Gasteiger partial charge in [-0.15, -0.1) is 0 Å². The molecular weight excluding hydrogens is 220 g/mol. The Hall–Kier alpha value is -1.78. The summed E-state index contributed by atoms with van der Waals surface area (Å²) in [5.74, 6) is 0.0476. The number of carbonyl (C=O) groups is 1. The Labute approximate surface area is 100 Å². The third kappa shape index (κ3) is 4.30. The zero-order chi connectivity index (χ0) is 12.7. The lowest BCUT2D eigenvalue weighted by Gasteiger charge is -2.16. The molecule has 5 nitrogen and oxygen atoms in total. The summed E-state index contributed by atoms with van der Waals surface area (Å²) in [7, 11) is 1.73. The van der Waals surface area contributed by atoms with Crippen LogP contribution in [0.2, 0.25) is 0 Å². The van der Waals surface area contributed by atoms with Gasteiger partial charge < -0.3 is 14.6 Å². The molecule has 1 N–H and O–H groups in total. The fourth-order valence-corrected chi connectivity index (χ4v) is 1.29. The van der Waals surface area contributed by atoms with Gasteiger partial charge in [0, 0.05) is 19.8 Å².